The molecule has 0 saturated heterocycles. The van der Waals surface area contributed by atoms with Crippen molar-refractivity contribution >= 4 is 23.5 Å². The molecular formula is C21H18FN3O3S. The summed E-state index contributed by atoms with van der Waals surface area (Å²) in [5.74, 6) is 0.136. The molecule has 2 N–H and O–H groups in total. The van der Waals surface area contributed by atoms with E-state index >= 15 is 0 Å². The Morgan fingerprint density at radius 1 is 1.17 bits per heavy atom. The third kappa shape index (κ3) is 3.88. The number of phenols is 1. The van der Waals surface area contributed by atoms with Crippen LogP contribution in [0.2, 0.25) is 0 Å². The lowest BCUT2D eigenvalue weighted by Crippen LogP contribution is -2.33. The van der Waals surface area contributed by atoms with Crippen LogP contribution in [-0.2, 0) is 17.6 Å². The first-order valence-electron chi connectivity index (χ1n) is 8.99. The predicted octanol–water partition coefficient (Wildman–Crippen LogP) is 3.39. The molecule has 6 nitrogen and oxygen atoms in total. The van der Waals surface area contributed by atoms with E-state index in [1.807, 2.05) is 0 Å². The molecule has 2 heterocycles. The van der Waals surface area contributed by atoms with Crippen LogP contribution in [0.1, 0.15) is 29.0 Å². The molecule has 8 heteroatoms. The molecule has 2 aromatic carbocycles. The number of nitrogens with one attached hydrogen (secondary N) is 1. The van der Waals surface area contributed by atoms with Gasteiger partial charge in [-0.05, 0) is 35.4 Å². The van der Waals surface area contributed by atoms with E-state index < -0.39 is 11.5 Å². The van der Waals surface area contributed by atoms with E-state index in [2.05, 4.69) is 10.3 Å². The number of phenolic OH excluding ortho intramolecular Hbond substituents is 1. The van der Waals surface area contributed by atoms with E-state index in [0.29, 0.717) is 22.3 Å². The molecule has 1 unspecified atom stereocenters. The first-order valence-corrected chi connectivity index (χ1v) is 9.98. The van der Waals surface area contributed by atoms with Gasteiger partial charge in [0.1, 0.15) is 17.4 Å². The highest BCUT2D eigenvalue weighted by Crippen LogP contribution is 2.36. The highest BCUT2D eigenvalue weighted by atomic mass is 32.2. The van der Waals surface area contributed by atoms with Gasteiger partial charge in [0, 0.05) is 25.1 Å². The van der Waals surface area contributed by atoms with Gasteiger partial charge in [-0.3, -0.25) is 9.59 Å². The lowest BCUT2D eigenvalue weighted by molar-refractivity contribution is -0.116. The largest absolute Gasteiger partial charge is 0.508 e. The Balaban J connectivity index is 1.70. The number of aromatic nitrogens is 2. The third-order valence-corrected chi connectivity index (χ3v) is 5.98. The highest BCUT2D eigenvalue weighted by Gasteiger charge is 2.32. The maximum absolute atomic E-state index is 13.1. The average Bonchev–Trinajstić information content (AvgIpc) is 2.70. The Labute approximate surface area is 170 Å². The van der Waals surface area contributed by atoms with E-state index in [0.717, 1.165) is 11.1 Å². The molecule has 29 heavy (non-hydrogen) atoms. The smallest absolute Gasteiger partial charge is 0.279 e. The van der Waals surface area contributed by atoms with Crippen LogP contribution in [0.25, 0.3) is 0 Å². The number of aromatic hydroxyl groups is 1. The van der Waals surface area contributed by atoms with Gasteiger partial charge in [-0.1, -0.05) is 36.0 Å². The van der Waals surface area contributed by atoms with Crippen molar-refractivity contribution in [3.8, 4) is 5.75 Å². The highest BCUT2D eigenvalue weighted by molar-refractivity contribution is 7.98. The van der Waals surface area contributed by atoms with E-state index in [1.54, 1.807) is 35.9 Å². The van der Waals surface area contributed by atoms with Crippen molar-refractivity contribution in [2.24, 2.45) is 7.05 Å². The summed E-state index contributed by atoms with van der Waals surface area (Å²) in [5, 5.41) is 12.8. The molecule has 0 radical (unpaired) electrons. The van der Waals surface area contributed by atoms with Crippen molar-refractivity contribution in [1.29, 1.82) is 0 Å². The zero-order valence-electron chi connectivity index (χ0n) is 15.6. The van der Waals surface area contributed by atoms with Gasteiger partial charge in [-0.2, -0.15) is 4.98 Å². The SMILES string of the molecule is Cn1c(SCc2ccc(F)cc2)nc(=O)c2c1NC(=O)CC2c1ccc(O)cc1. The number of carbonyl (C=O) groups excluding carboxylic acids is 1. The molecule has 0 aliphatic carbocycles. The molecule has 4 rings (SSSR count). The summed E-state index contributed by atoms with van der Waals surface area (Å²) in [6, 6.07) is 12.6. The van der Waals surface area contributed by atoms with Crippen LogP contribution in [0.5, 0.6) is 5.75 Å². The van der Waals surface area contributed by atoms with Crippen LogP contribution < -0.4 is 10.9 Å². The second-order valence-electron chi connectivity index (χ2n) is 6.83. The summed E-state index contributed by atoms with van der Waals surface area (Å²) >= 11 is 1.34. The number of halogens is 1. The van der Waals surface area contributed by atoms with Crippen molar-refractivity contribution < 1.29 is 14.3 Å². The standard InChI is InChI=1S/C21H18FN3O3S/c1-25-19-18(16(10-17(27)23-19)13-4-8-15(26)9-5-13)20(28)24-21(25)29-11-12-2-6-14(22)7-3-12/h2-9,16,26H,10-11H2,1H3,(H,23,27). The summed E-state index contributed by atoms with van der Waals surface area (Å²) in [5.41, 5.74) is 1.71. The van der Waals surface area contributed by atoms with E-state index in [4.69, 9.17) is 0 Å². The normalized spacial score (nSPS) is 15.7. The van der Waals surface area contributed by atoms with Crippen molar-refractivity contribution in [1.82, 2.24) is 9.55 Å². The molecule has 0 saturated carbocycles. The maximum Gasteiger partial charge on any atom is 0.279 e. The predicted molar refractivity (Wildman–Crippen MR) is 109 cm³/mol. The molecule has 0 bridgehead atoms. The van der Waals surface area contributed by atoms with Gasteiger partial charge >= 0.3 is 0 Å². The van der Waals surface area contributed by atoms with Gasteiger partial charge in [0.2, 0.25) is 5.91 Å². The second kappa shape index (κ2) is 7.71. The minimum atomic E-state index is -0.429. The zero-order valence-corrected chi connectivity index (χ0v) is 16.4. The Hall–Kier alpha value is -3.13. The number of amides is 1. The summed E-state index contributed by atoms with van der Waals surface area (Å²) in [6.07, 6.45) is 0.136. The number of hydrogen-bond donors (Lipinski definition) is 2. The van der Waals surface area contributed by atoms with E-state index in [-0.39, 0.29) is 23.9 Å². The number of fused-ring (bicyclic) bond motifs is 1. The fraction of sp³-hybridized carbons (Fsp3) is 0.190. The van der Waals surface area contributed by atoms with Gasteiger partial charge in [0.05, 0.1) is 5.56 Å². The number of hydrogen-bond acceptors (Lipinski definition) is 5. The number of thioether (sulfide) groups is 1. The van der Waals surface area contributed by atoms with Crippen molar-refractivity contribution in [3.63, 3.8) is 0 Å². The van der Waals surface area contributed by atoms with Gasteiger partial charge < -0.3 is 15.0 Å². The Kier molecular flexibility index (Phi) is 5.10. The van der Waals surface area contributed by atoms with Crippen molar-refractivity contribution in [2.75, 3.05) is 5.32 Å². The molecule has 148 valence electrons. The first-order chi connectivity index (χ1) is 13.9. The third-order valence-electron chi connectivity index (χ3n) is 4.88. The number of anilines is 1. The number of nitrogens with zero attached hydrogens (tertiary/aromatic N) is 2. The van der Waals surface area contributed by atoms with Crippen LogP contribution in [0.4, 0.5) is 10.2 Å². The molecule has 1 atom stereocenters. The minimum Gasteiger partial charge on any atom is -0.508 e. The molecule has 1 aliphatic rings. The molecule has 1 amide bonds. The van der Waals surface area contributed by atoms with E-state index in [9.17, 15) is 19.1 Å². The zero-order chi connectivity index (χ0) is 20.5. The van der Waals surface area contributed by atoms with Crippen LogP contribution in [0.3, 0.4) is 0 Å². The quantitative estimate of drug-likeness (QED) is 0.508. The van der Waals surface area contributed by atoms with Crippen molar-refractivity contribution in [2.45, 2.75) is 23.2 Å². The van der Waals surface area contributed by atoms with Crippen LogP contribution in [0.15, 0.2) is 58.5 Å². The van der Waals surface area contributed by atoms with Gasteiger partial charge in [0.15, 0.2) is 5.16 Å². The molecule has 1 aliphatic heterocycles. The fourth-order valence-electron chi connectivity index (χ4n) is 3.38. The summed E-state index contributed by atoms with van der Waals surface area (Å²) in [6.45, 7) is 0. The maximum atomic E-state index is 13.1. The number of benzene rings is 2. The molecular weight excluding hydrogens is 393 g/mol. The Morgan fingerprint density at radius 3 is 2.55 bits per heavy atom. The lowest BCUT2D eigenvalue weighted by atomic mass is 9.87. The summed E-state index contributed by atoms with van der Waals surface area (Å²) in [4.78, 5) is 29.4. The fourth-order valence-corrected chi connectivity index (χ4v) is 4.30. The molecule has 1 aromatic heterocycles. The first kappa shape index (κ1) is 19.2. The molecule has 0 spiro atoms. The van der Waals surface area contributed by atoms with Crippen LogP contribution in [0, 0.1) is 5.82 Å². The average molecular weight is 411 g/mol. The Morgan fingerprint density at radius 2 is 1.86 bits per heavy atom. The van der Waals surface area contributed by atoms with Crippen molar-refractivity contribution in [3.05, 3.63) is 81.4 Å². The molecule has 0 fully saturated rings. The lowest BCUT2D eigenvalue weighted by Gasteiger charge is -2.27. The number of rotatable bonds is 4. The number of carbonyl (C=O) groups is 1. The Bertz CT molecular complexity index is 1130. The summed E-state index contributed by atoms with van der Waals surface area (Å²) in [7, 11) is 1.75. The van der Waals surface area contributed by atoms with Gasteiger partial charge in [-0.15, -0.1) is 0 Å². The second-order valence-corrected chi connectivity index (χ2v) is 7.77. The monoisotopic (exact) mass is 411 g/mol. The van der Waals surface area contributed by atoms with Crippen LogP contribution in [-0.4, -0.2) is 20.6 Å². The van der Waals surface area contributed by atoms with Gasteiger partial charge in [0.25, 0.3) is 5.56 Å². The summed E-state index contributed by atoms with van der Waals surface area (Å²) < 4.78 is 14.8. The van der Waals surface area contributed by atoms with Gasteiger partial charge in [-0.25, -0.2) is 4.39 Å². The topological polar surface area (TPSA) is 84.2 Å². The molecule has 3 aromatic rings. The minimum absolute atomic E-state index is 0.118. The van der Waals surface area contributed by atoms with E-state index in [1.165, 1.54) is 36.0 Å². The van der Waals surface area contributed by atoms with Crippen LogP contribution >= 0.6 is 11.8 Å².